The van der Waals surface area contributed by atoms with Gasteiger partial charge in [0.05, 0.1) is 12.8 Å². The number of carbonyl (C=O) groups excluding carboxylic acids is 1. The van der Waals surface area contributed by atoms with E-state index in [1.165, 1.54) is 12.8 Å². The Labute approximate surface area is 158 Å². The van der Waals surface area contributed by atoms with Gasteiger partial charge >= 0.3 is 0 Å². The van der Waals surface area contributed by atoms with Crippen molar-refractivity contribution in [2.24, 2.45) is 0 Å². The lowest BCUT2D eigenvalue weighted by atomic mass is 10.2. The van der Waals surface area contributed by atoms with Crippen molar-refractivity contribution in [1.29, 1.82) is 0 Å². The molecule has 3 aromatic rings. The Morgan fingerprint density at radius 1 is 1.07 bits per heavy atom. The maximum Gasteiger partial charge on any atom is 0.270 e. The molecule has 4 rings (SSSR count). The Hall–Kier alpha value is -3.15. The van der Waals surface area contributed by atoms with Crippen molar-refractivity contribution in [2.45, 2.75) is 38.3 Å². The summed E-state index contributed by atoms with van der Waals surface area (Å²) in [5.74, 6) is 1.77. The zero-order valence-electron chi connectivity index (χ0n) is 15.0. The molecule has 2 N–H and O–H groups in total. The van der Waals surface area contributed by atoms with Crippen molar-refractivity contribution in [3.8, 4) is 11.4 Å². The maximum atomic E-state index is 12.7. The molecule has 1 amide bonds. The SMILES string of the molecule is O=C(NC1CCCC1)c1cc(NCc2ccco2)nc(-c2ccccc2)n1. The summed E-state index contributed by atoms with van der Waals surface area (Å²) in [6, 6.07) is 15.3. The van der Waals surface area contributed by atoms with Crippen LogP contribution >= 0.6 is 0 Å². The molecule has 6 nitrogen and oxygen atoms in total. The molecule has 1 aliphatic rings. The monoisotopic (exact) mass is 362 g/mol. The second-order valence-corrected chi connectivity index (χ2v) is 6.72. The molecular formula is C21H22N4O2. The molecule has 138 valence electrons. The highest BCUT2D eigenvalue weighted by Crippen LogP contribution is 2.21. The maximum absolute atomic E-state index is 12.7. The van der Waals surface area contributed by atoms with Crippen LogP contribution in [0.15, 0.2) is 59.2 Å². The van der Waals surface area contributed by atoms with Crippen molar-refractivity contribution in [1.82, 2.24) is 15.3 Å². The van der Waals surface area contributed by atoms with E-state index in [4.69, 9.17) is 4.42 Å². The Bertz CT molecular complexity index is 888. The van der Waals surface area contributed by atoms with Crippen LogP contribution in [0.1, 0.15) is 41.9 Å². The average Bonchev–Trinajstić information content (AvgIpc) is 3.41. The molecule has 27 heavy (non-hydrogen) atoms. The largest absolute Gasteiger partial charge is 0.467 e. The number of amides is 1. The summed E-state index contributed by atoms with van der Waals surface area (Å²) in [6.45, 7) is 0.488. The number of nitrogens with zero attached hydrogens (tertiary/aromatic N) is 2. The first kappa shape index (κ1) is 17.3. The number of nitrogens with one attached hydrogen (secondary N) is 2. The summed E-state index contributed by atoms with van der Waals surface area (Å²) in [7, 11) is 0. The van der Waals surface area contributed by atoms with E-state index < -0.39 is 0 Å². The molecule has 1 saturated carbocycles. The summed E-state index contributed by atoms with van der Waals surface area (Å²) >= 11 is 0. The number of hydrogen-bond acceptors (Lipinski definition) is 5. The highest BCUT2D eigenvalue weighted by atomic mass is 16.3. The minimum Gasteiger partial charge on any atom is -0.467 e. The molecule has 0 atom stereocenters. The van der Waals surface area contributed by atoms with E-state index in [1.54, 1.807) is 12.3 Å². The molecule has 0 saturated heterocycles. The van der Waals surface area contributed by atoms with Gasteiger partial charge in [-0.2, -0.15) is 0 Å². The second kappa shape index (κ2) is 8.03. The summed E-state index contributed by atoms with van der Waals surface area (Å²) in [4.78, 5) is 21.8. The lowest BCUT2D eigenvalue weighted by molar-refractivity contribution is 0.0933. The molecular weight excluding hydrogens is 340 g/mol. The van der Waals surface area contributed by atoms with Crippen LogP contribution in [0.2, 0.25) is 0 Å². The molecule has 0 radical (unpaired) electrons. The van der Waals surface area contributed by atoms with Gasteiger partial charge in [0, 0.05) is 17.7 Å². The zero-order chi connectivity index (χ0) is 18.5. The van der Waals surface area contributed by atoms with Gasteiger partial charge in [0.25, 0.3) is 5.91 Å². The van der Waals surface area contributed by atoms with Crippen LogP contribution < -0.4 is 10.6 Å². The predicted molar refractivity (Wildman–Crippen MR) is 103 cm³/mol. The van der Waals surface area contributed by atoms with Crippen LogP contribution in [0.3, 0.4) is 0 Å². The van der Waals surface area contributed by atoms with Gasteiger partial charge in [0.2, 0.25) is 0 Å². The summed E-state index contributed by atoms with van der Waals surface area (Å²) in [5, 5.41) is 6.32. The van der Waals surface area contributed by atoms with Gasteiger partial charge in [0.1, 0.15) is 17.3 Å². The minimum absolute atomic E-state index is 0.150. The molecule has 6 heteroatoms. The minimum atomic E-state index is -0.150. The van der Waals surface area contributed by atoms with Crippen molar-refractivity contribution in [3.05, 3.63) is 66.2 Å². The van der Waals surface area contributed by atoms with E-state index in [2.05, 4.69) is 20.6 Å². The van der Waals surface area contributed by atoms with Crippen molar-refractivity contribution < 1.29 is 9.21 Å². The first-order chi connectivity index (χ1) is 13.3. The number of rotatable bonds is 6. The molecule has 1 fully saturated rings. The Morgan fingerprint density at radius 3 is 2.63 bits per heavy atom. The first-order valence-electron chi connectivity index (χ1n) is 9.29. The van der Waals surface area contributed by atoms with Gasteiger partial charge in [0.15, 0.2) is 5.82 Å². The molecule has 1 aromatic carbocycles. The van der Waals surface area contributed by atoms with Gasteiger partial charge in [-0.3, -0.25) is 4.79 Å². The van der Waals surface area contributed by atoms with E-state index >= 15 is 0 Å². The van der Waals surface area contributed by atoms with E-state index in [-0.39, 0.29) is 11.9 Å². The van der Waals surface area contributed by atoms with Crippen LogP contribution in [-0.4, -0.2) is 21.9 Å². The Balaban J connectivity index is 1.60. The molecule has 1 aliphatic carbocycles. The smallest absolute Gasteiger partial charge is 0.270 e. The van der Waals surface area contributed by atoms with E-state index in [1.807, 2.05) is 42.5 Å². The van der Waals surface area contributed by atoms with Crippen molar-refractivity contribution in [2.75, 3.05) is 5.32 Å². The van der Waals surface area contributed by atoms with E-state index in [0.29, 0.717) is 23.9 Å². The predicted octanol–water partition coefficient (Wildman–Crippen LogP) is 4.02. The standard InChI is InChI=1S/C21H22N4O2/c26-21(23-16-9-4-5-10-16)18-13-19(22-14-17-11-6-12-27-17)25-20(24-18)15-7-2-1-3-8-15/h1-3,6-8,11-13,16H,4-5,9-10,14H2,(H,23,26)(H,22,24,25). The fourth-order valence-corrected chi connectivity index (χ4v) is 3.29. The summed E-state index contributed by atoms with van der Waals surface area (Å²) < 4.78 is 5.35. The number of anilines is 1. The van der Waals surface area contributed by atoms with Crippen LogP contribution in [-0.2, 0) is 6.54 Å². The third-order valence-electron chi connectivity index (χ3n) is 4.71. The molecule has 2 heterocycles. The number of carbonyl (C=O) groups is 1. The quantitative estimate of drug-likeness (QED) is 0.692. The van der Waals surface area contributed by atoms with E-state index in [9.17, 15) is 4.79 Å². The summed E-state index contributed by atoms with van der Waals surface area (Å²) in [5.41, 5.74) is 1.24. The zero-order valence-corrected chi connectivity index (χ0v) is 15.0. The lowest BCUT2D eigenvalue weighted by Gasteiger charge is -2.13. The van der Waals surface area contributed by atoms with Crippen LogP contribution in [0.5, 0.6) is 0 Å². The topological polar surface area (TPSA) is 80.0 Å². The Kier molecular flexibility index (Phi) is 5.14. The van der Waals surface area contributed by atoms with E-state index in [0.717, 1.165) is 24.2 Å². The molecule has 2 aromatic heterocycles. The van der Waals surface area contributed by atoms with Gasteiger partial charge in [-0.25, -0.2) is 9.97 Å². The van der Waals surface area contributed by atoms with Gasteiger partial charge < -0.3 is 15.1 Å². The number of hydrogen-bond donors (Lipinski definition) is 2. The number of aromatic nitrogens is 2. The lowest BCUT2D eigenvalue weighted by Crippen LogP contribution is -2.33. The highest BCUT2D eigenvalue weighted by molar-refractivity contribution is 5.93. The van der Waals surface area contributed by atoms with Crippen molar-refractivity contribution >= 4 is 11.7 Å². The van der Waals surface area contributed by atoms with Crippen LogP contribution in [0.4, 0.5) is 5.82 Å². The third-order valence-corrected chi connectivity index (χ3v) is 4.71. The summed E-state index contributed by atoms with van der Waals surface area (Å²) in [6.07, 6.45) is 6.03. The fraction of sp³-hybridized carbons (Fsp3) is 0.286. The second-order valence-electron chi connectivity index (χ2n) is 6.72. The molecule has 0 aliphatic heterocycles. The highest BCUT2D eigenvalue weighted by Gasteiger charge is 2.20. The number of furan rings is 1. The van der Waals surface area contributed by atoms with Gasteiger partial charge in [-0.05, 0) is 25.0 Å². The van der Waals surface area contributed by atoms with Gasteiger partial charge in [-0.1, -0.05) is 43.2 Å². The fourth-order valence-electron chi connectivity index (χ4n) is 3.29. The van der Waals surface area contributed by atoms with Crippen LogP contribution in [0.25, 0.3) is 11.4 Å². The molecule has 0 unspecified atom stereocenters. The third kappa shape index (κ3) is 4.34. The van der Waals surface area contributed by atoms with Gasteiger partial charge in [-0.15, -0.1) is 0 Å². The molecule has 0 spiro atoms. The normalized spacial score (nSPS) is 14.2. The van der Waals surface area contributed by atoms with Crippen LogP contribution in [0, 0.1) is 0 Å². The average molecular weight is 362 g/mol. The Morgan fingerprint density at radius 2 is 1.89 bits per heavy atom. The first-order valence-corrected chi connectivity index (χ1v) is 9.29. The number of benzene rings is 1. The molecule has 0 bridgehead atoms. The van der Waals surface area contributed by atoms with Crippen molar-refractivity contribution in [3.63, 3.8) is 0 Å².